The summed E-state index contributed by atoms with van der Waals surface area (Å²) in [6.45, 7) is 5.84. The van der Waals surface area contributed by atoms with Crippen molar-refractivity contribution in [2.75, 3.05) is 13.2 Å². The van der Waals surface area contributed by atoms with Gasteiger partial charge in [-0.25, -0.2) is 4.79 Å². The first-order valence-corrected chi connectivity index (χ1v) is 31.9. The first kappa shape index (κ1) is 73.2. The number of hydrogen-bond donors (Lipinski definition) is 3. The zero-order valence-corrected chi connectivity index (χ0v) is 50.1. The Hall–Kier alpha value is -3.84. The number of esters is 3. The van der Waals surface area contributed by atoms with Crippen LogP contribution in [0, 0.1) is 0 Å². The van der Waals surface area contributed by atoms with Crippen molar-refractivity contribution >= 4 is 23.9 Å². The molecule has 12 nitrogen and oxygen atoms in total. The maximum absolute atomic E-state index is 13.1. The predicted octanol–water partition coefficient (Wildman–Crippen LogP) is 16.9. The van der Waals surface area contributed by atoms with Crippen LogP contribution in [0.2, 0.25) is 0 Å². The average molecular weight is 1110 g/mol. The van der Waals surface area contributed by atoms with Crippen molar-refractivity contribution in [3.8, 4) is 0 Å². The minimum Gasteiger partial charge on any atom is -0.479 e. The van der Waals surface area contributed by atoms with Crippen LogP contribution in [-0.4, -0.2) is 89.2 Å². The Kier molecular flexibility index (Phi) is 50.7. The van der Waals surface area contributed by atoms with Crippen LogP contribution in [0.1, 0.15) is 278 Å². The van der Waals surface area contributed by atoms with E-state index >= 15 is 0 Å². The second kappa shape index (κ2) is 54.7. The van der Waals surface area contributed by atoms with Gasteiger partial charge in [-0.1, -0.05) is 241 Å². The van der Waals surface area contributed by atoms with Crippen molar-refractivity contribution in [2.24, 2.45) is 0 Å². The molecular weight excluding hydrogens is 997 g/mol. The Morgan fingerprint density at radius 1 is 0.430 bits per heavy atom. The minimum atomic E-state index is -1.91. The van der Waals surface area contributed by atoms with E-state index in [2.05, 4.69) is 93.7 Å². The SMILES string of the molecule is CC/C=C\C/C=C\C/C=C\CCCCCC(=O)OC(COC(=O)CCCCCCCC/C=C\C/C=C\C/C=C\CCCCC)COC1OC(C(=O)O)C(O)C(O)C1OC(=O)CCCCCCCCCCCCCCCCCCC. The molecule has 79 heavy (non-hydrogen) atoms. The number of rotatable bonds is 54. The number of aliphatic hydroxyl groups is 2. The molecule has 1 fully saturated rings. The highest BCUT2D eigenvalue weighted by Crippen LogP contribution is 2.27. The molecule has 12 heteroatoms. The molecule has 1 heterocycles. The van der Waals surface area contributed by atoms with E-state index in [0.717, 1.165) is 116 Å². The number of allylic oxidation sites excluding steroid dienone is 12. The highest BCUT2D eigenvalue weighted by molar-refractivity contribution is 5.74. The van der Waals surface area contributed by atoms with Crippen LogP contribution in [0.3, 0.4) is 0 Å². The standard InChI is InChI=1S/C67H114O12/c1-4-7-10-13-16-19-22-25-27-29-30-32-33-36-38-41-44-47-50-53-59(68)75-56-58(77-60(69)54-51-48-45-42-39-35-24-21-18-15-12-9-6-3)57-76-67-65(63(72)62(71)64(79-67)66(73)74)78-61(70)55-52-49-46-43-40-37-34-31-28-26-23-20-17-14-11-8-5-2/h9,12,16,18-19,21,25,27,30,32,35,39,58,62-65,67,71-72H,4-8,10-11,13-15,17,20,22-24,26,28-29,31,33-34,36-38,40-57H2,1-3H3,(H,73,74)/b12-9-,19-16-,21-18-,27-25-,32-30-,39-35-. The first-order valence-electron chi connectivity index (χ1n) is 31.9. The van der Waals surface area contributed by atoms with Crippen LogP contribution in [0.5, 0.6) is 0 Å². The molecule has 0 radical (unpaired) electrons. The van der Waals surface area contributed by atoms with Crippen LogP contribution in [0.25, 0.3) is 0 Å². The fourth-order valence-electron chi connectivity index (χ4n) is 9.39. The van der Waals surface area contributed by atoms with E-state index in [1.54, 1.807) is 0 Å². The number of aliphatic carboxylic acids is 1. The summed E-state index contributed by atoms with van der Waals surface area (Å²) in [6, 6.07) is 0. The van der Waals surface area contributed by atoms with Crippen molar-refractivity contribution in [1.82, 2.24) is 0 Å². The summed E-state index contributed by atoms with van der Waals surface area (Å²) in [5.74, 6) is -3.16. The molecule has 0 bridgehead atoms. The van der Waals surface area contributed by atoms with Gasteiger partial charge >= 0.3 is 23.9 Å². The Morgan fingerprint density at radius 2 is 0.797 bits per heavy atom. The van der Waals surface area contributed by atoms with E-state index in [4.69, 9.17) is 23.7 Å². The average Bonchev–Trinajstić information content (AvgIpc) is 3.44. The zero-order chi connectivity index (χ0) is 57.5. The highest BCUT2D eigenvalue weighted by Gasteiger charge is 2.50. The fourth-order valence-corrected chi connectivity index (χ4v) is 9.39. The molecule has 1 saturated heterocycles. The van der Waals surface area contributed by atoms with Gasteiger partial charge in [0.05, 0.1) is 6.61 Å². The molecule has 0 amide bonds. The summed E-state index contributed by atoms with van der Waals surface area (Å²) >= 11 is 0. The summed E-state index contributed by atoms with van der Waals surface area (Å²) < 4.78 is 28.5. The Labute approximate surface area is 480 Å². The van der Waals surface area contributed by atoms with Gasteiger partial charge in [0.15, 0.2) is 24.6 Å². The van der Waals surface area contributed by atoms with Gasteiger partial charge in [-0.2, -0.15) is 0 Å². The molecule has 0 spiro atoms. The molecule has 0 aliphatic carbocycles. The van der Waals surface area contributed by atoms with Gasteiger partial charge in [0, 0.05) is 19.3 Å². The molecule has 0 aromatic carbocycles. The van der Waals surface area contributed by atoms with Crippen molar-refractivity contribution < 1.29 is 58.2 Å². The lowest BCUT2D eigenvalue weighted by atomic mass is 9.98. The molecule has 454 valence electrons. The molecule has 0 aromatic heterocycles. The minimum absolute atomic E-state index is 0.0574. The highest BCUT2D eigenvalue weighted by atomic mass is 16.7. The monoisotopic (exact) mass is 1110 g/mol. The third kappa shape index (κ3) is 44.5. The van der Waals surface area contributed by atoms with E-state index in [9.17, 15) is 34.5 Å². The zero-order valence-electron chi connectivity index (χ0n) is 50.1. The predicted molar refractivity (Wildman–Crippen MR) is 322 cm³/mol. The smallest absolute Gasteiger partial charge is 0.335 e. The van der Waals surface area contributed by atoms with Crippen LogP contribution >= 0.6 is 0 Å². The van der Waals surface area contributed by atoms with E-state index in [1.165, 1.54) is 103 Å². The summed E-state index contributed by atoms with van der Waals surface area (Å²) in [5, 5.41) is 31.6. The molecule has 1 rings (SSSR count). The topological polar surface area (TPSA) is 175 Å². The van der Waals surface area contributed by atoms with Gasteiger partial charge in [0.2, 0.25) is 0 Å². The Balaban J connectivity index is 2.66. The number of aliphatic hydroxyl groups excluding tert-OH is 2. The third-order valence-electron chi connectivity index (χ3n) is 14.3. The summed E-state index contributed by atoms with van der Waals surface area (Å²) in [5.41, 5.74) is 0. The number of carbonyl (C=O) groups excluding carboxylic acids is 3. The van der Waals surface area contributed by atoms with Gasteiger partial charge < -0.3 is 39.0 Å². The van der Waals surface area contributed by atoms with Crippen LogP contribution in [-0.2, 0) is 42.9 Å². The molecule has 0 aromatic rings. The normalized spacial score (nSPS) is 18.3. The number of unbranched alkanes of at least 4 members (excludes halogenated alkanes) is 28. The first-order chi connectivity index (χ1) is 38.6. The largest absolute Gasteiger partial charge is 0.479 e. The molecule has 6 unspecified atom stereocenters. The fraction of sp³-hybridized carbons (Fsp3) is 0.761. The number of carboxylic acids is 1. The third-order valence-corrected chi connectivity index (χ3v) is 14.3. The number of carboxylic acid groups (broad SMARTS) is 1. The molecule has 3 N–H and O–H groups in total. The lowest BCUT2D eigenvalue weighted by Crippen LogP contribution is -2.61. The summed E-state index contributed by atoms with van der Waals surface area (Å²) in [4.78, 5) is 51.2. The van der Waals surface area contributed by atoms with Gasteiger partial charge in [-0.05, 0) is 89.9 Å². The van der Waals surface area contributed by atoms with E-state index in [1.807, 2.05) is 0 Å². The van der Waals surface area contributed by atoms with E-state index in [0.29, 0.717) is 19.3 Å². The van der Waals surface area contributed by atoms with Crippen molar-refractivity contribution in [3.63, 3.8) is 0 Å². The Morgan fingerprint density at radius 3 is 1.25 bits per heavy atom. The Bertz CT molecular complexity index is 1650. The summed E-state index contributed by atoms with van der Waals surface area (Å²) in [6.07, 6.45) is 57.2. The maximum atomic E-state index is 13.1. The van der Waals surface area contributed by atoms with Crippen LogP contribution < -0.4 is 0 Å². The second-order valence-corrected chi connectivity index (χ2v) is 21.7. The number of hydrogen-bond acceptors (Lipinski definition) is 11. The van der Waals surface area contributed by atoms with Gasteiger partial charge in [0.1, 0.15) is 18.8 Å². The van der Waals surface area contributed by atoms with Crippen LogP contribution in [0.4, 0.5) is 0 Å². The van der Waals surface area contributed by atoms with Crippen LogP contribution in [0.15, 0.2) is 72.9 Å². The molecule has 6 atom stereocenters. The lowest BCUT2D eigenvalue weighted by Gasteiger charge is -2.40. The van der Waals surface area contributed by atoms with Crippen molar-refractivity contribution in [1.29, 1.82) is 0 Å². The maximum Gasteiger partial charge on any atom is 0.335 e. The second-order valence-electron chi connectivity index (χ2n) is 21.7. The number of ether oxygens (including phenoxy) is 5. The summed E-state index contributed by atoms with van der Waals surface area (Å²) in [7, 11) is 0. The quantitative estimate of drug-likeness (QED) is 0.0228. The van der Waals surface area contributed by atoms with Crippen molar-refractivity contribution in [2.45, 2.75) is 314 Å². The van der Waals surface area contributed by atoms with Gasteiger partial charge in [-0.15, -0.1) is 0 Å². The molecule has 1 aliphatic rings. The van der Waals surface area contributed by atoms with Crippen molar-refractivity contribution in [3.05, 3.63) is 72.9 Å². The van der Waals surface area contributed by atoms with E-state index in [-0.39, 0.29) is 25.9 Å². The molecule has 0 saturated carbocycles. The molecular formula is C67H114O12. The van der Waals surface area contributed by atoms with Gasteiger partial charge in [-0.3, -0.25) is 14.4 Å². The van der Waals surface area contributed by atoms with E-state index < -0.39 is 67.3 Å². The number of carbonyl (C=O) groups is 4. The molecule has 1 aliphatic heterocycles. The lowest BCUT2D eigenvalue weighted by molar-refractivity contribution is -0.301. The van der Waals surface area contributed by atoms with Gasteiger partial charge in [0.25, 0.3) is 0 Å².